The van der Waals surface area contributed by atoms with Crippen LogP contribution in [-0.2, 0) is 4.70 Å². The van der Waals surface area contributed by atoms with Crippen LogP contribution in [0.15, 0.2) is 0 Å². The average Bonchev–Trinajstić information content (AvgIpc) is 1.65. The summed E-state index contributed by atoms with van der Waals surface area (Å²) in [4.78, 5) is 0. The number of hydrogen-bond acceptors (Lipinski definition) is 1. The maximum absolute atomic E-state index is 9.50. The first-order valence-electron chi connectivity index (χ1n) is 1.57. The Morgan fingerprint density at radius 2 is 2.14 bits per heavy atom. The first-order valence-corrected chi connectivity index (χ1v) is 1.57. The zero-order chi connectivity index (χ0) is 4.99. The molecule has 0 aliphatic rings. The van der Waals surface area contributed by atoms with Gasteiger partial charge in [-0.15, -0.1) is 0 Å². The molecule has 0 heterocycles. The summed E-state index contributed by atoms with van der Waals surface area (Å²) < 4.78 is 9.50. The summed E-state index contributed by atoms with van der Waals surface area (Å²) in [6, 6.07) is 0. The Kier molecular flexibility index (Phi) is 12.8. The van der Waals surface area contributed by atoms with Crippen molar-refractivity contribution in [1.82, 2.24) is 0 Å². The monoisotopic (exact) mass is 110 g/mol. The molecule has 0 saturated heterocycles. The van der Waals surface area contributed by atoms with Gasteiger partial charge in [-0.05, 0) is 0 Å². The van der Waals surface area contributed by atoms with Crippen LogP contribution >= 0.6 is 0 Å². The van der Waals surface area contributed by atoms with E-state index in [-0.39, 0.29) is 51.4 Å². The molecule has 0 atom stereocenters. The zero-order valence-corrected chi connectivity index (χ0v) is 7.42. The van der Waals surface area contributed by atoms with Gasteiger partial charge in [0.1, 0.15) is 0 Å². The summed E-state index contributed by atoms with van der Waals surface area (Å²) >= 11 is 0. The molecule has 0 aliphatic heterocycles. The zero-order valence-electron chi connectivity index (χ0n) is 4.29. The van der Waals surface area contributed by atoms with Crippen molar-refractivity contribution < 1.29 is 56.1 Å². The third kappa shape index (κ3) is 7.76. The molecule has 0 bridgehead atoms. The SMILES string of the molecule is [B][B-]B([B])B=O.[K+]. The third-order valence-electron chi connectivity index (χ3n) is 0.379. The maximum atomic E-state index is 9.50. The van der Waals surface area contributed by atoms with Crippen LogP contribution in [-0.4, -0.2) is 36.0 Å². The van der Waals surface area contributed by atoms with Gasteiger partial charge in [0.2, 0.25) is 0 Å². The van der Waals surface area contributed by atoms with E-state index in [4.69, 9.17) is 15.5 Å². The number of rotatable bonds is 2. The average molecular weight is 109 g/mol. The quantitative estimate of drug-likeness (QED) is 0.324. The predicted octanol–water partition coefficient (Wildman–Crippen LogP) is -5.02. The molecule has 0 fully saturated rings. The van der Waals surface area contributed by atoms with Gasteiger partial charge < -0.3 is 0 Å². The number of hydrogen-bond donors (Lipinski definition) is 0. The molecule has 0 aromatic carbocycles. The molecule has 6 radical (unpaired) electrons. The summed E-state index contributed by atoms with van der Waals surface area (Å²) in [5.74, 6) is 0. The molecule has 0 aromatic rings. The van der Waals surface area contributed by atoms with Crippen molar-refractivity contribution in [3.8, 4) is 0 Å². The van der Waals surface area contributed by atoms with Crippen molar-refractivity contribution in [2.75, 3.05) is 0 Å². The van der Waals surface area contributed by atoms with E-state index in [1.54, 1.807) is 0 Å². The van der Waals surface area contributed by atoms with Crippen molar-refractivity contribution >= 4 is 36.0 Å². The molecule has 0 aromatic heterocycles. The van der Waals surface area contributed by atoms with Crippen LogP contribution in [0, 0.1) is 0 Å². The van der Waals surface area contributed by atoms with Gasteiger partial charge in [-0.1, -0.05) is 0 Å². The van der Waals surface area contributed by atoms with Gasteiger partial charge in [0.25, 0.3) is 0 Å². The van der Waals surface area contributed by atoms with Crippen LogP contribution in [0.3, 0.4) is 0 Å². The van der Waals surface area contributed by atoms with Gasteiger partial charge in [-0.25, -0.2) is 0 Å². The van der Waals surface area contributed by atoms with E-state index in [0.29, 0.717) is 7.04 Å². The van der Waals surface area contributed by atoms with Crippen molar-refractivity contribution in [3.63, 3.8) is 0 Å². The first-order chi connectivity index (χ1) is 2.81. The molecule has 0 N–H and O–H groups in total. The van der Waals surface area contributed by atoms with E-state index in [2.05, 4.69) is 0 Å². The fourth-order valence-corrected chi connectivity index (χ4v) is 0.0454. The van der Waals surface area contributed by atoms with E-state index in [0.717, 1.165) is 7.06 Å². The topological polar surface area (TPSA) is 17.1 Å². The van der Waals surface area contributed by atoms with Crippen molar-refractivity contribution in [1.29, 1.82) is 0 Å². The van der Waals surface area contributed by atoms with E-state index in [9.17, 15) is 4.70 Å². The molecule has 0 aliphatic carbocycles. The minimum Gasteiger partial charge on any atom is 1.00 e. The van der Waals surface area contributed by atoms with Crippen molar-refractivity contribution in [2.24, 2.45) is 0 Å². The normalized spacial score (nSPS) is 5.71. The molecular formula is B5KO. The van der Waals surface area contributed by atoms with Gasteiger partial charge >= 0.3 is 92.1 Å². The van der Waals surface area contributed by atoms with E-state index in [1.165, 1.54) is 0 Å². The molecule has 0 unspecified atom stereocenters. The van der Waals surface area contributed by atoms with Gasteiger partial charge in [-0.3, -0.25) is 0 Å². The van der Waals surface area contributed by atoms with Crippen LogP contribution in [0.5, 0.6) is 0 Å². The van der Waals surface area contributed by atoms with Crippen molar-refractivity contribution in [3.05, 3.63) is 0 Å². The molecule has 22 valence electrons. The molecule has 7 heteroatoms. The van der Waals surface area contributed by atoms with Gasteiger partial charge in [-0.2, -0.15) is 0 Å². The summed E-state index contributed by atoms with van der Waals surface area (Å²) in [5.41, 5.74) is 0. The van der Waals surface area contributed by atoms with Gasteiger partial charge in [0, 0.05) is 0 Å². The van der Waals surface area contributed by atoms with Gasteiger partial charge in [0.05, 0.1) is 0 Å². The Morgan fingerprint density at radius 1 is 1.71 bits per heavy atom. The molecule has 1 nitrogen and oxygen atoms in total. The summed E-state index contributed by atoms with van der Waals surface area (Å²) in [5, 5.41) is 0. The Morgan fingerprint density at radius 3 is 2.14 bits per heavy atom. The van der Waals surface area contributed by atoms with Crippen LogP contribution < -0.4 is 51.4 Å². The molecule has 0 rings (SSSR count). The predicted molar refractivity (Wildman–Crippen MR) is 29.5 cm³/mol. The van der Waals surface area contributed by atoms with Crippen molar-refractivity contribution in [2.45, 2.75) is 0 Å². The Hall–Kier alpha value is 1.76. The van der Waals surface area contributed by atoms with E-state index >= 15 is 0 Å². The second kappa shape index (κ2) is 7.76. The smallest absolute Gasteiger partial charge is 1.00 e. The second-order valence-electron chi connectivity index (χ2n) is 0.906. The van der Waals surface area contributed by atoms with Gasteiger partial charge in [0.15, 0.2) is 0 Å². The molecule has 7 heavy (non-hydrogen) atoms. The first kappa shape index (κ1) is 11.5. The fraction of sp³-hybridized carbons (Fsp3) is 0. The second-order valence-corrected chi connectivity index (χ2v) is 0.906. The molecule has 0 saturated carbocycles. The minimum absolute atomic E-state index is 0. The Balaban J connectivity index is 0. The molecule has 0 amide bonds. The van der Waals surface area contributed by atoms with E-state index in [1.807, 2.05) is 0 Å². The van der Waals surface area contributed by atoms with Crippen LogP contribution in [0.2, 0.25) is 0 Å². The van der Waals surface area contributed by atoms with E-state index < -0.39 is 6.39 Å². The minimum atomic E-state index is -0.593. The molecular weight excluding hydrogens is 109 g/mol. The summed E-state index contributed by atoms with van der Waals surface area (Å²) in [6.45, 7) is 0. The van der Waals surface area contributed by atoms with Crippen LogP contribution in [0.25, 0.3) is 0 Å². The standard InChI is InChI=1S/B5O.K/c1-3-5(2)4-6;/q-1;+1. The van der Waals surface area contributed by atoms with Crippen LogP contribution in [0.4, 0.5) is 0 Å². The Labute approximate surface area is 90.5 Å². The summed E-state index contributed by atoms with van der Waals surface area (Å²) in [6.07, 6.45) is -0.593. The molecule has 0 spiro atoms. The maximum Gasteiger partial charge on any atom is 1.00 e. The largest absolute Gasteiger partial charge is 1.00 e. The third-order valence-corrected chi connectivity index (χ3v) is 0.379. The van der Waals surface area contributed by atoms with Crippen LogP contribution in [0.1, 0.15) is 0 Å². The summed E-state index contributed by atoms with van der Waals surface area (Å²) in [7, 11) is 11.4. The fourth-order valence-electron chi connectivity index (χ4n) is 0.0454. The Bertz CT molecular complexity index is 45.3.